The van der Waals surface area contributed by atoms with E-state index in [1.807, 2.05) is 6.07 Å². The predicted molar refractivity (Wildman–Crippen MR) is 73.2 cm³/mol. The van der Waals surface area contributed by atoms with Crippen LogP contribution in [0.25, 0.3) is 0 Å². The van der Waals surface area contributed by atoms with Gasteiger partial charge >= 0.3 is 0 Å². The Kier molecular flexibility index (Phi) is 7.01. The molecule has 1 N–H and O–H groups in total. The highest BCUT2D eigenvalue weighted by Gasteiger charge is 2.05. The van der Waals surface area contributed by atoms with E-state index in [4.69, 9.17) is 21.1 Å². The standard InChI is InChI=1S/C13H21ClN2O2/c1-10(2)15-8-11-7-12(14)13(16-9-11)18-6-4-5-17-3/h7,9-10,15H,4-6,8H2,1-3H3. The van der Waals surface area contributed by atoms with Crippen LogP contribution in [0.2, 0.25) is 5.02 Å². The van der Waals surface area contributed by atoms with Gasteiger partial charge in [-0.1, -0.05) is 25.4 Å². The molecule has 1 aromatic rings. The SMILES string of the molecule is COCCCOc1ncc(CNC(C)C)cc1Cl. The van der Waals surface area contributed by atoms with Gasteiger partial charge in [0.25, 0.3) is 0 Å². The Morgan fingerprint density at radius 3 is 2.78 bits per heavy atom. The summed E-state index contributed by atoms with van der Waals surface area (Å²) in [5.74, 6) is 0.487. The van der Waals surface area contributed by atoms with E-state index in [2.05, 4.69) is 24.1 Å². The fourth-order valence-electron chi connectivity index (χ4n) is 1.36. The van der Waals surface area contributed by atoms with Crippen molar-refractivity contribution in [2.75, 3.05) is 20.3 Å². The molecule has 0 unspecified atom stereocenters. The summed E-state index contributed by atoms with van der Waals surface area (Å²) < 4.78 is 10.4. The van der Waals surface area contributed by atoms with Gasteiger partial charge in [-0.3, -0.25) is 0 Å². The molecule has 0 aliphatic rings. The molecule has 0 aliphatic carbocycles. The van der Waals surface area contributed by atoms with Crippen molar-refractivity contribution >= 4 is 11.6 Å². The molecule has 4 nitrogen and oxygen atoms in total. The van der Waals surface area contributed by atoms with E-state index >= 15 is 0 Å². The molecule has 5 heteroatoms. The van der Waals surface area contributed by atoms with Crippen molar-refractivity contribution in [3.05, 3.63) is 22.8 Å². The Bertz CT molecular complexity index is 359. The third-order valence-electron chi connectivity index (χ3n) is 2.31. The maximum Gasteiger partial charge on any atom is 0.232 e. The van der Waals surface area contributed by atoms with Crippen molar-refractivity contribution in [2.24, 2.45) is 0 Å². The van der Waals surface area contributed by atoms with Crippen molar-refractivity contribution in [2.45, 2.75) is 32.9 Å². The highest BCUT2D eigenvalue weighted by Crippen LogP contribution is 2.22. The van der Waals surface area contributed by atoms with Crippen molar-refractivity contribution in [1.29, 1.82) is 0 Å². The van der Waals surface area contributed by atoms with Crippen LogP contribution in [0.1, 0.15) is 25.8 Å². The van der Waals surface area contributed by atoms with Crippen LogP contribution < -0.4 is 10.1 Å². The second-order valence-corrected chi connectivity index (χ2v) is 4.77. The van der Waals surface area contributed by atoms with Crippen LogP contribution in [0, 0.1) is 0 Å². The summed E-state index contributed by atoms with van der Waals surface area (Å²) in [7, 11) is 1.67. The summed E-state index contributed by atoms with van der Waals surface area (Å²) in [4.78, 5) is 4.22. The van der Waals surface area contributed by atoms with Crippen molar-refractivity contribution < 1.29 is 9.47 Å². The highest BCUT2D eigenvalue weighted by atomic mass is 35.5. The Morgan fingerprint density at radius 1 is 1.39 bits per heavy atom. The lowest BCUT2D eigenvalue weighted by Gasteiger charge is -2.10. The average Bonchev–Trinajstić information content (AvgIpc) is 2.34. The zero-order valence-electron chi connectivity index (χ0n) is 11.2. The van der Waals surface area contributed by atoms with E-state index in [-0.39, 0.29) is 0 Å². The minimum Gasteiger partial charge on any atom is -0.477 e. The normalized spacial score (nSPS) is 10.9. The number of nitrogens with one attached hydrogen (secondary N) is 1. The number of methoxy groups -OCH3 is 1. The maximum atomic E-state index is 6.11. The summed E-state index contributed by atoms with van der Waals surface area (Å²) in [6, 6.07) is 2.32. The van der Waals surface area contributed by atoms with Crippen LogP contribution in [-0.4, -0.2) is 31.3 Å². The molecule has 0 saturated carbocycles. The molecule has 0 bridgehead atoms. The predicted octanol–water partition coefficient (Wildman–Crippen LogP) is 2.65. The molecular formula is C13H21ClN2O2. The van der Waals surface area contributed by atoms with Crippen molar-refractivity contribution in [3.63, 3.8) is 0 Å². The molecule has 1 rings (SSSR count). The zero-order valence-corrected chi connectivity index (χ0v) is 12.0. The van der Waals surface area contributed by atoms with Gasteiger partial charge < -0.3 is 14.8 Å². The van der Waals surface area contributed by atoms with Gasteiger partial charge in [0.05, 0.1) is 6.61 Å². The lowest BCUT2D eigenvalue weighted by Crippen LogP contribution is -2.21. The Labute approximate surface area is 114 Å². The Balaban J connectivity index is 2.46. The molecule has 1 heterocycles. The van der Waals surface area contributed by atoms with Gasteiger partial charge in [-0.2, -0.15) is 0 Å². The third-order valence-corrected chi connectivity index (χ3v) is 2.58. The zero-order chi connectivity index (χ0) is 13.4. The molecule has 0 amide bonds. The largest absolute Gasteiger partial charge is 0.477 e. The summed E-state index contributed by atoms with van der Waals surface area (Å²) in [6.45, 7) is 6.19. The number of rotatable bonds is 8. The number of aromatic nitrogens is 1. The van der Waals surface area contributed by atoms with Crippen LogP contribution in [0.5, 0.6) is 5.88 Å². The van der Waals surface area contributed by atoms with Crippen LogP contribution in [0.3, 0.4) is 0 Å². The van der Waals surface area contributed by atoms with Gasteiger partial charge in [0, 0.05) is 38.9 Å². The number of nitrogens with zero attached hydrogens (tertiary/aromatic N) is 1. The van der Waals surface area contributed by atoms with Gasteiger partial charge in [-0.05, 0) is 11.6 Å². The van der Waals surface area contributed by atoms with Crippen molar-refractivity contribution in [3.8, 4) is 5.88 Å². The summed E-state index contributed by atoms with van der Waals surface area (Å²) in [5.41, 5.74) is 1.05. The molecular weight excluding hydrogens is 252 g/mol. The van der Waals surface area contributed by atoms with Gasteiger partial charge in [-0.25, -0.2) is 4.98 Å². The molecule has 0 fully saturated rings. The van der Waals surface area contributed by atoms with E-state index in [9.17, 15) is 0 Å². The molecule has 0 saturated heterocycles. The average molecular weight is 273 g/mol. The Hall–Kier alpha value is -0.840. The first-order valence-electron chi connectivity index (χ1n) is 6.13. The van der Waals surface area contributed by atoms with Crippen LogP contribution in [0.4, 0.5) is 0 Å². The fourth-order valence-corrected chi connectivity index (χ4v) is 1.61. The number of pyridine rings is 1. The highest BCUT2D eigenvalue weighted by molar-refractivity contribution is 6.31. The second kappa shape index (κ2) is 8.29. The van der Waals surface area contributed by atoms with E-state index in [0.717, 1.165) is 18.5 Å². The smallest absolute Gasteiger partial charge is 0.232 e. The molecule has 102 valence electrons. The van der Waals surface area contributed by atoms with Crippen molar-refractivity contribution in [1.82, 2.24) is 10.3 Å². The summed E-state index contributed by atoms with van der Waals surface area (Å²) in [6.07, 6.45) is 2.61. The minimum absolute atomic E-state index is 0.439. The summed E-state index contributed by atoms with van der Waals surface area (Å²) >= 11 is 6.11. The maximum absolute atomic E-state index is 6.11. The molecule has 0 radical (unpaired) electrons. The van der Waals surface area contributed by atoms with Gasteiger partial charge in [0.1, 0.15) is 5.02 Å². The number of hydrogen-bond acceptors (Lipinski definition) is 4. The van der Waals surface area contributed by atoms with Gasteiger partial charge in [0.2, 0.25) is 5.88 Å². The first kappa shape index (κ1) is 15.2. The number of halogens is 1. The van der Waals surface area contributed by atoms with E-state index < -0.39 is 0 Å². The van der Waals surface area contributed by atoms with Gasteiger partial charge in [0.15, 0.2) is 0 Å². The molecule has 0 spiro atoms. The molecule has 0 aliphatic heterocycles. The summed E-state index contributed by atoms with van der Waals surface area (Å²) in [5, 5.41) is 3.86. The number of hydrogen-bond donors (Lipinski definition) is 1. The number of ether oxygens (including phenoxy) is 2. The topological polar surface area (TPSA) is 43.4 Å². The molecule has 0 atom stereocenters. The molecule has 0 aromatic carbocycles. The monoisotopic (exact) mass is 272 g/mol. The molecule has 1 aromatic heterocycles. The van der Waals surface area contributed by atoms with E-state index in [1.54, 1.807) is 13.3 Å². The van der Waals surface area contributed by atoms with Crippen LogP contribution in [0.15, 0.2) is 12.3 Å². The van der Waals surface area contributed by atoms with E-state index in [1.165, 1.54) is 0 Å². The van der Waals surface area contributed by atoms with Crippen LogP contribution >= 0.6 is 11.6 Å². The second-order valence-electron chi connectivity index (χ2n) is 4.36. The van der Waals surface area contributed by atoms with Crippen LogP contribution in [-0.2, 0) is 11.3 Å². The lowest BCUT2D eigenvalue weighted by atomic mass is 10.2. The first-order valence-corrected chi connectivity index (χ1v) is 6.50. The van der Waals surface area contributed by atoms with E-state index in [0.29, 0.717) is 30.2 Å². The Morgan fingerprint density at radius 2 is 2.17 bits per heavy atom. The third kappa shape index (κ3) is 5.67. The van der Waals surface area contributed by atoms with Gasteiger partial charge in [-0.15, -0.1) is 0 Å². The quantitative estimate of drug-likeness (QED) is 0.739. The first-order chi connectivity index (χ1) is 8.63. The minimum atomic E-state index is 0.439. The fraction of sp³-hybridized carbons (Fsp3) is 0.615. The molecule has 18 heavy (non-hydrogen) atoms. The lowest BCUT2D eigenvalue weighted by molar-refractivity contribution is 0.170.